The molecule has 0 aromatic carbocycles. The first-order valence-corrected chi connectivity index (χ1v) is 3.04. The molecule has 0 bridgehead atoms. The molecule has 0 radical (unpaired) electrons. The molecule has 2 aromatic rings. The fourth-order valence-electron chi connectivity index (χ4n) is 0.825. The zero-order chi connectivity index (χ0) is 8.55. The van der Waals surface area contributed by atoms with E-state index in [1.54, 1.807) is 0 Å². The lowest BCUT2D eigenvalue weighted by Gasteiger charge is -1.99. The molecule has 0 amide bonds. The fraction of sp³-hybridized carbons (Fsp3) is 0. The van der Waals surface area contributed by atoms with Gasteiger partial charge in [-0.15, -0.1) is 10.2 Å². The number of rotatable bonds is 0. The van der Waals surface area contributed by atoms with Gasteiger partial charge in [0.1, 0.15) is 12.5 Å². The van der Waals surface area contributed by atoms with Gasteiger partial charge in [0, 0.05) is 5.75 Å². The molecule has 0 saturated carbocycles. The van der Waals surface area contributed by atoms with E-state index in [2.05, 4.69) is 20.3 Å². The summed E-state index contributed by atoms with van der Waals surface area (Å²) in [4.78, 5) is 2.74. The van der Waals surface area contributed by atoms with E-state index in [0.717, 1.165) is 6.20 Å². The van der Waals surface area contributed by atoms with Crippen LogP contribution < -0.4 is 5.11 Å². The Bertz CT molecular complexity index is 468. The summed E-state index contributed by atoms with van der Waals surface area (Å²) in [6.07, 6.45) is 2.43. The number of hydrogen-bond acceptors (Lipinski definition) is 5. The molecule has 2 heterocycles. The molecule has 0 aliphatic heterocycles. The summed E-state index contributed by atoms with van der Waals surface area (Å²) >= 11 is 0. The normalized spacial score (nSPS) is 9.92. The maximum Gasteiger partial charge on any atom is 0.401 e. The van der Waals surface area contributed by atoms with Crippen molar-refractivity contribution in [3.63, 3.8) is 0 Å². The predicted octanol–water partition coefficient (Wildman–Crippen LogP) is -0.318. The molecule has 2 aromatic heterocycles. The zero-order valence-electron chi connectivity index (χ0n) is 5.75. The van der Waals surface area contributed by atoms with Gasteiger partial charge in [-0.3, -0.25) is 0 Å². The summed E-state index contributed by atoms with van der Waals surface area (Å²) in [6, 6.07) is 0. The highest BCUT2D eigenvalue weighted by Gasteiger charge is 2.11. The van der Waals surface area contributed by atoms with Gasteiger partial charge >= 0.3 is 5.69 Å². The Labute approximate surface area is 65.9 Å². The minimum Gasteiger partial charge on any atom is -0.864 e. The van der Waals surface area contributed by atoms with E-state index in [1.165, 1.54) is 10.8 Å². The third-order valence-corrected chi connectivity index (χ3v) is 1.38. The predicted molar refractivity (Wildman–Crippen MR) is 35.0 cm³/mol. The third kappa shape index (κ3) is 0.687. The lowest BCUT2D eigenvalue weighted by Crippen LogP contribution is -1.97. The molecule has 0 aliphatic carbocycles. The van der Waals surface area contributed by atoms with Crippen molar-refractivity contribution in [2.75, 3.05) is 0 Å². The minimum absolute atomic E-state index is 0.0466. The Balaban J connectivity index is 2.89. The van der Waals surface area contributed by atoms with E-state index >= 15 is 0 Å². The van der Waals surface area contributed by atoms with Gasteiger partial charge < -0.3 is 5.11 Å². The van der Waals surface area contributed by atoms with E-state index in [4.69, 9.17) is 5.39 Å². The summed E-state index contributed by atoms with van der Waals surface area (Å²) in [5, 5.41) is 30.2. The van der Waals surface area contributed by atoms with Crippen LogP contribution in [0.1, 0.15) is 0 Å². The van der Waals surface area contributed by atoms with Crippen molar-refractivity contribution in [1.29, 1.82) is 5.39 Å². The van der Waals surface area contributed by atoms with Gasteiger partial charge in [0.15, 0.2) is 10.6 Å². The first-order valence-electron chi connectivity index (χ1n) is 3.04. The van der Waals surface area contributed by atoms with Gasteiger partial charge in [-0.2, -0.15) is 5.10 Å². The molecular formula is C5H2N6O. The molecule has 7 nitrogen and oxygen atoms in total. The second-order valence-corrected chi connectivity index (χ2v) is 2.06. The van der Waals surface area contributed by atoms with Crippen LogP contribution >= 0.6 is 0 Å². The molecule has 0 spiro atoms. The second-order valence-electron chi connectivity index (χ2n) is 2.06. The van der Waals surface area contributed by atoms with Crippen LogP contribution in [0.25, 0.3) is 10.6 Å². The van der Waals surface area contributed by atoms with Crippen molar-refractivity contribution in [1.82, 2.24) is 19.8 Å². The molecule has 0 fully saturated rings. The maximum atomic E-state index is 11.2. The highest BCUT2D eigenvalue weighted by Crippen LogP contribution is 2.24. The van der Waals surface area contributed by atoms with Gasteiger partial charge in [0.05, 0.1) is 0 Å². The molecule has 0 saturated heterocycles. The van der Waals surface area contributed by atoms with Crippen molar-refractivity contribution in [2.45, 2.75) is 0 Å². The van der Waals surface area contributed by atoms with Crippen LogP contribution in [-0.4, -0.2) is 19.8 Å². The number of nitrogens with zero attached hydrogens (tertiary/aromatic N) is 6. The van der Waals surface area contributed by atoms with Crippen LogP contribution in [0.4, 0.5) is 5.69 Å². The first-order chi connectivity index (χ1) is 5.83. The third-order valence-electron chi connectivity index (χ3n) is 1.38. The topological polar surface area (TPSA) is 94.3 Å². The van der Waals surface area contributed by atoms with Crippen LogP contribution in [0.3, 0.4) is 0 Å². The molecular weight excluding hydrogens is 160 g/mol. The summed E-state index contributed by atoms with van der Waals surface area (Å²) in [7, 11) is 0. The van der Waals surface area contributed by atoms with Crippen molar-refractivity contribution in [3.8, 4) is 5.75 Å². The van der Waals surface area contributed by atoms with Crippen LogP contribution in [0.2, 0.25) is 0 Å². The highest BCUT2D eigenvalue weighted by atomic mass is 16.3. The summed E-state index contributed by atoms with van der Waals surface area (Å²) in [6.45, 7) is 0. The van der Waals surface area contributed by atoms with Crippen molar-refractivity contribution >= 4 is 11.3 Å². The van der Waals surface area contributed by atoms with E-state index in [-0.39, 0.29) is 11.3 Å². The molecule has 0 unspecified atom stereocenters. The smallest absolute Gasteiger partial charge is 0.401 e. The van der Waals surface area contributed by atoms with Gasteiger partial charge in [-0.05, 0) is 0 Å². The Kier molecular flexibility index (Phi) is 1.15. The number of fused-ring (bicyclic) bond motifs is 1. The Morgan fingerprint density at radius 3 is 3.17 bits per heavy atom. The summed E-state index contributed by atoms with van der Waals surface area (Å²) in [5.41, 5.74) is -0.0965. The van der Waals surface area contributed by atoms with Crippen LogP contribution in [0.15, 0.2) is 12.5 Å². The molecule has 7 heteroatoms. The van der Waals surface area contributed by atoms with Crippen molar-refractivity contribution < 1.29 is 5.11 Å². The first kappa shape index (κ1) is 6.48. The monoisotopic (exact) mass is 162 g/mol. The highest BCUT2D eigenvalue weighted by molar-refractivity contribution is 5.66. The number of diazo groups is 1. The van der Waals surface area contributed by atoms with Gasteiger partial charge in [0.25, 0.3) is 0 Å². The summed E-state index contributed by atoms with van der Waals surface area (Å²) in [5.74, 6) is -0.495. The zero-order valence-corrected chi connectivity index (χ0v) is 5.75. The average Bonchev–Trinajstić information content (AvgIpc) is 2.53. The van der Waals surface area contributed by atoms with Crippen molar-refractivity contribution in [2.24, 2.45) is 0 Å². The lowest BCUT2D eigenvalue weighted by atomic mass is 10.4. The SMILES string of the molecule is N#[N+]c1cnn2cnnc2c1[O-]. The maximum absolute atomic E-state index is 11.2. The van der Waals surface area contributed by atoms with Crippen molar-refractivity contribution in [3.05, 3.63) is 17.5 Å². The summed E-state index contributed by atoms with van der Waals surface area (Å²) < 4.78 is 1.21. The lowest BCUT2D eigenvalue weighted by molar-refractivity contribution is -0.265. The average molecular weight is 162 g/mol. The second kappa shape index (κ2) is 2.13. The largest absolute Gasteiger partial charge is 0.864 e. The van der Waals surface area contributed by atoms with Gasteiger partial charge in [-0.1, -0.05) is 0 Å². The standard InChI is InChI=1S/C5H2N6O/c6-9-3-1-8-11-2-7-10-5(11)4(3)12/h1-2H. The molecule has 12 heavy (non-hydrogen) atoms. The molecule has 0 aliphatic rings. The Morgan fingerprint density at radius 2 is 2.42 bits per heavy atom. The molecule has 0 N–H and O–H groups in total. The van der Waals surface area contributed by atoms with Crippen LogP contribution in [-0.2, 0) is 0 Å². The molecule has 0 atom stereocenters. The number of hydrogen-bond donors (Lipinski definition) is 0. The van der Waals surface area contributed by atoms with E-state index in [1.807, 2.05) is 0 Å². The molecule has 2 rings (SSSR count). The van der Waals surface area contributed by atoms with E-state index in [0.29, 0.717) is 0 Å². The van der Waals surface area contributed by atoms with E-state index < -0.39 is 5.75 Å². The van der Waals surface area contributed by atoms with E-state index in [9.17, 15) is 5.11 Å². The molecule has 58 valence electrons. The fourth-order valence-corrected chi connectivity index (χ4v) is 0.825. The quantitative estimate of drug-likeness (QED) is 0.495. The van der Waals surface area contributed by atoms with Crippen LogP contribution in [0.5, 0.6) is 5.75 Å². The number of aromatic nitrogens is 4. The minimum atomic E-state index is -0.495. The van der Waals surface area contributed by atoms with Crippen LogP contribution in [0, 0.1) is 5.39 Å². The van der Waals surface area contributed by atoms with Gasteiger partial charge in [-0.25, -0.2) is 4.52 Å². The Morgan fingerprint density at radius 1 is 1.58 bits per heavy atom. The van der Waals surface area contributed by atoms with Gasteiger partial charge in [0.2, 0.25) is 5.39 Å². The Hall–Kier alpha value is -2.23.